The number of carbonyl (C=O) groups excluding carboxylic acids is 1. The number of rotatable bonds is 13. The molecule has 0 saturated heterocycles. The van der Waals surface area contributed by atoms with E-state index >= 15 is 0 Å². The number of hydrogen-bond donors (Lipinski definition) is 1. The van der Waals surface area contributed by atoms with Crippen LogP contribution in [0.1, 0.15) is 20.8 Å². The van der Waals surface area contributed by atoms with Gasteiger partial charge in [0.2, 0.25) is 0 Å². The zero-order chi connectivity index (χ0) is 16.7. The highest BCUT2D eigenvalue weighted by atomic mass is 127. The van der Waals surface area contributed by atoms with E-state index < -0.39 is 11.7 Å². The summed E-state index contributed by atoms with van der Waals surface area (Å²) in [5, 5.41) is 2.61. The van der Waals surface area contributed by atoms with Gasteiger partial charge in [-0.05, 0) is 20.8 Å². The molecule has 0 aromatic heterocycles. The van der Waals surface area contributed by atoms with Gasteiger partial charge in [0.25, 0.3) is 0 Å². The van der Waals surface area contributed by atoms with Crippen LogP contribution in [0.5, 0.6) is 0 Å². The van der Waals surface area contributed by atoms with E-state index in [9.17, 15) is 4.79 Å². The minimum atomic E-state index is -0.484. The average Bonchev–Trinajstić information content (AvgIpc) is 2.42. The Morgan fingerprint density at radius 1 is 0.955 bits per heavy atom. The van der Waals surface area contributed by atoms with E-state index in [1.54, 1.807) is 0 Å². The van der Waals surface area contributed by atoms with Crippen molar-refractivity contribution in [2.45, 2.75) is 26.4 Å². The van der Waals surface area contributed by atoms with Crippen LogP contribution in [0.15, 0.2) is 0 Å². The first-order chi connectivity index (χ1) is 10.5. The number of ether oxygens (including phenoxy) is 4. The fourth-order valence-corrected chi connectivity index (χ4v) is 1.88. The molecule has 0 atom stereocenters. The van der Waals surface area contributed by atoms with Crippen molar-refractivity contribution in [3.8, 4) is 0 Å². The highest BCUT2D eigenvalue weighted by Gasteiger charge is 2.15. The first-order valence-electron chi connectivity index (χ1n) is 7.06. The van der Waals surface area contributed by atoms with Crippen LogP contribution in [0.25, 0.3) is 0 Å². The highest BCUT2D eigenvalue weighted by Crippen LogP contribution is 2.11. The van der Waals surface area contributed by atoms with Gasteiger partial charge in [-0.3, -0.25) is 0 Å². The summed E-state index contributed by atoms with van der Waals surface area (Å²) in [4.78, 5) is 11.3. The van der Waals surface area contributed by atoms with E-state index in [2.05, 4.69) is 26.5 Å². The second kappa shape index (κ2) is 14.8. The number of amides is 1. The molecule has 0 saturated carbocycles. The molecule has 132 valence electrons. The van der Waals surface area contributed by atoms with E-state index in [0.717, 1.165) is 0 Å². The molecule has 7 nitrogen and oxygen atoms in total. The Balaban J connectivity index is 3.16. The third kappa shape index (κ3) is 18.2. The quantitative estimate of drug-likeness (QED) is 0.262. The van der Waals surface area contributed by atoms with E-state index in [4.69, 9.17) is 23.1 Å². The molecule has 0 aliphatic rings. The Morgan fingerprint density at radius 3 is 1.95 bits per heavy atom. The van der Waals surface area contributed by atoms with Crippen LogP contribution >= 0.6 is 30.4 Å². The predicted molar refractivity (Wildman–Crippen MR) is 94.3 cm³/mol. The van der Waals surface area contributed by atoms with Gasteiger partial charge in [-0.1, -0.05) is 0 Å². The fraction of sp³-hybridized carbons (Fsp3) is 0.923. The lowest BCUT2D eigenvalue weighted by Crippen LogP contribution is -2.34. The van der Waals surface area contributed by atoms with Crippen molar-refractivity contribution >= 4 is 36.5 Å². The molecular formula is C13H26INO6S. The molecule has 0 aliphatic heterocycles. The van der Waals surface area contributed by atoms with Crippen molar-refractivity contribution in [1.82, 2.24) is 5.32 Å². The molecule has 0 radical (unpaired) electrons. The standard InChI is InChI=1S/C13H26INO6S/c1-13(2,3)21-12(16)15-4-5-17-6-7-18-8-9-19-10-11-20-22-14/h4-11H2,1-3H3,(H,15,16). The van der Waals surface area contributed by atoms with Crippen molar-refractivity contribution in [2.24, 2.45) is 0 Å². The predicted octanol–water partition coefficient (Wildman–Crippen LogP) is 2.58. The monoisotopic (exact) mass is 451 g/mol. The lowest BCUT2D eigenvalue weighted by atomic mass is 10.2. The Hall–Kier alpha value is 0.190. The molecule has 1 amide bonds. The van der Waals surface area contributed by atoms with Gasteiger partial charge >= 0.3 is 6.09 Å². The zero-order valence-electron chi connectivity index (χ0n) is 13.4. The van der Waals surface area contributed by atoms with Crippen molar-refractivity contribution in [3.05, 3.63) is 0 Å². The van der Waals surface area contributed by atoms with Gasteiger partial charge in [-0.2, -0.15) is 0 Å². The summed E-state index contributed by atoms with van der Waals surface area (Å²) >= 11 is 2.06. The van der Waals surface area contributed by atoms with Gasteiger partial charge < -0.3 is 28.4 Å². The Labute approximate surface area is 148 Å². The summed E-state index contributed by atoms with van der Waals surface area (Å²) in [6.07, 6.45) is -0.436. The molecule has 0 bridgehead atoms. The van der Waals surface area contributed by atoms with E-state index in [1.807, 2.05) is 20.8 Å². The van der Waals surface area contributed by atoms with Gasteiger partial charge in [-0.25, -0.2) is 4.79 Å². The topological polar surface area (TPSA) is 75.3 Å². The molecule has 0 aliphatic carbocycles. The molecule has 0 rings (SSSR count). The smallest absolute Gasteiger partial charge is 0.407 e. The molecule has 0 spiro atoms. The fourth-order valence-electron chi connectivity index (χ4n) is 1.21. The van der Waals surface area contributed by atoms with Crippen LogP contribution in [-0.2, 0) is 23.1 Å². The Morgan fingerprint density at radius 2 is 1.45 bits per heavy atom. The van der Waals surface area contributed by atoms with Crippen LogP contribution in [0.3, 0.4) is 0 Å². The molecule has 1 N–H and O–H groups in total. The lowest BCUT2D eigenvalue weighted by molar-refractivity contribution is 0.0101. The summed E-state index contributed by atoms with van der Waals surface area (Å²) in [5.74, 6) is 0. The van der Waals surface area contributed by atoms with Crippen LogP contribution in [0, 0.1) is 0 Å². The average molecular weight is 451 g/mol. The zero-order valence-corrected chi connectivity index (χ0v) is 16.4. The number of nitrogens with one attached hydrogen (secondary N) is 1. The molecule has 0 aromatic rings. The summed E-state index contributed by atoms with van der Waals surface area (Å²) in [6, 6.07) is 0. The van der Waals surface area contributed by atoms with E-state index in [-0.39, 0.29) is 0 Å². The second-order valence-corrected chi connectivity index (χ2v) is 6.59. The summed E-state index contributed by atoms with van der Waals surface area (Å²) < 4.78 is 26.0. The normalized spacial score (nSPS) is 11.5. The SMILES string of the molecule is CC(C)(C)OC(=O)NCCOCCOCCOCCOSI. The molecular weight excluding hydrogens is 425 g/mol. The van der Waals surface area contributed by atoms with Gasteiger partial charge in [0.1, 0.15) is 5.60 Å². The first kappa shape index (κ1) is 22.2. The van der Waals surface area contributed by atoms with E-state index in [0.29, 0.717) is 52.8 Å². The molecule has 0 fully saturated rings. The van der Waals surface area contributed by atoms with Crippen LogP contribution in [-0.4, -0.2) is 64.5 Å². The Bertz CT molecular complexity index is 278. The largest absolute Gasteiger partial charge is 0.444 e. The number of alkyl carbamates (subject to hydrolysis) is 1. The van der Waals surface area contributed by atoms with Crippen LogP contribution < -0.4 is 5.32 Å². The van der Waals surface area contributed by atoms with Gasteiger partial charge in [-0.15, -0.1) is 0 Å². The van der Waals surface area contributed by atoms with Crippen molar-refractivity contribution in [2.75, 3.05) is 52.8 Å². The summed E-state index contributed by atoms with van der Waals surface area (Å²) in [6.45, 7) is 9.45. The molecule has 9 heteroatoms. The van der Waals surface area contributed by atoms with Crippen molar-refractivity contribution < 1.29 is 27.9 Å². The first-order valence-corrected chi connectivity index (χ1v) is 10.3. The maximum absolute atomic E-state index is 11.3. The molecule has 0 heterocycles. The molecule has 22 heavy (non-hydrogen) atoms. The number of halogens is 1. The summed E-state index contributed by atoms with van der Waals surface area (Å²) in [5.41, 5.74) is -0.484. The van der Waals surface area contributed by atoms with Crippen LogP contribution in [0.4, 0.5) is 4.79 Å². The molecule has 0 unspecified atom stereocenters. The highest BCUT2D eigenvalue weighted by molar-refractivity contribution is 14.2. The third-order valence-corrected chi connectivity index (χ3v) is 3.03. The van der Waals surface area contributed by atoms with Crippen molar-refractivity contribution in [1.29, 1.82) is 0 Å². The van der Waals surface area contributed by atoms with Gasteiger partial charge in [0.15, 0.2) is 0 Å². The number of carbonyl (C=O) groups is 1. The summed E-state index contributed by atoms with van der Waals surface area (Å²) in [7, 11) is 1.30. The van der Waals surface area contributed by atoms with Crippen LogP contribution in [0.2, 0.25) is 0 Å². The number of hydrogen-bond acceptors (Lipinski definition) is 7. The Kier molecular flexibility index (Phi) is 14.9. The van der Waals surface area contributed by atoms with Gasteiger partial charge in [0.05, 0.1) is 55.5 Å². The molecule has 0 aromatic carbocycles. The minimum absolute atomic E-state index is 0.410. The third-order valence-electron chi connectivity index (χ3n) is 2.01. The second-order valence-electron chi connectivity index (χ2n) is 5.15. The van der Waals surface area contributed by atoms with E-state index in [1.165, 1.54) is 9.21 Å². The maximum Gasteiger partial charge on any atom is 0.407 e. The minimum Gasteiger partial charge on any atom is -0.444 e. The maximum atomic E-state index is 11.3. The van der Waals surface area contributed by atoms with Crippen molar-refractivity contribution in [3.63, 3.8) is 0 Å². The van der Waals surface area contributed by atoms with Gasteiger partial charge in [0, 0.05) is 27.8 Å². The lowest BCUT2D eigenvalue weighted by Gasteiger charge is -2.19.